The monoisotopic (exact) mass is 467 g/mol. The zero-order chi connectivity index (χ0) is 23.7. The Morgan fingerprint density at radius 3 is 1.19 bits per heavy atom. The highest BCUT2D eigenvalue weighted by Gasteiger charge is 2.07. The number of para-hydroxylation sites is 1. The lowest BCUT2D eigenvalue weighted by molar-refractivity contribution is -0.384. The number of nitrogens with zero attached hydrogens (tertiary/aromatic N) is 1. The van der Waals surface area contributed by atoms with E-state index in [2.05, 4.69) is 0 Å². The molecule has 0 heterocycles. The number of rotatable bonds is 3. The van der Waals surface area contributed by atoms with Crippen LogP contribution in [0, 0.1) is 24.0 Å². The highest BCUT2D eigenvalue weighted by atomic mass is 32.2. The van der Waals surface area contributed by atoms with Crippen molar-refractivity contribution in [1.82, 2.24) is 0 Å². The van der Waals surface area contributed by atoms with Crippen LogP contribution in [0.5, 0.6) is 0 Å². The van der Waals surface area contributed by atoms with Crippen molar-refractivity contribution in [2.45, 2.75) is 23.6 Å². The van der Waals surface area contributed by atoms with E-state index in [1.54, 1.807) is 42.5 Å². The van der Waals surface area contributed by atoms with Crippen LogP contribution in [0.2, 0.25) is 0 Å². The van der Waals surface area contributed by atoms with Crippen molar-refractivity contribution in [3.63, 3.8) is 0 Å². The Morgan fingerprint density at radius 1 is 0.645 bits per heavy atom. The van der Waals surface area contributed by atoms with Gasteiger partial charge in [0.2, 0.25) is 0 Å². The predicted molar refractivity (Wildman–Crippen MR) is 115 cm³/mol. The fourth-order valence-electron chi connectivity index (χ4n) is 1.97. The molecule has 2 N–H and O–H groups in total. The van der Waals surface area contributed by atoms with Crippen molar-refractivity contribution >= 4 is 25.9 Å². The number of aryl methyl sites for hydroxylation is 2. The van der Waals surface area contributed by atoms with Crippen LogP contribution in [0.25, 0.3) is 0 Å². The number of benzene rings is 3. The minimum atomic E-state index is -4.02. The molecule has 3 aromatic carbocycles. The van der Waals surface area contributed by atoms with Gasteiger partial charge in [-0.25, -0.2) is 0 Å². The molecule has 0 radical (unpaired) electrons. The van der Waals surface area contributed by atoms with Gasteiger partial charge >= 0.3 is 0 Å². The maximum Gasteiger partial charge on any atom is 0.294 e. The molecular weight excluding hydrogens is 446 g/mol. The fourth-order valence-corrected chi connectivity index (χ4v) is 2.93. The van der Waals surface area contributed by atoms with Gasteiger partial charge in [-0.1, -0.05) is 53.6 Å². The quantitative estimate of drug-likeness (QED) is 0.332. The summed E-state index contributed by atoms with van der Waals surface area (Å²) in [5.41, 5.74) is 2.05. The molecule has 0 fully saturated rings. The number of nitro groups is 1. The zero-order valence-electron chi connectivity index (χ0n) is 16.6. The standard InChI is InChI=1S/2C7H8O3S.C6H5NO2/c2*1-6-2-4-7(5-3-6)11(8,9)10;8-7(9)6-4-2-1-3-5-6/h2*2-5H,1H3,(H,8,9,10);1-5H. The second-order valence-corrected chi connectivity index (χ2v) is 9.01. The van der Waals surface area contributed by atoms with E-state index in [0.29, 0.717) is 0 Å². The molecule has 0 spiro atoms. The Balaban J connectivity index is 0.000000234. The summed E-state index contributed by atoms with van der Waals surface area (Å²) in [6.07, 6.45) is 0. The molecule has 166 valence electrons. The Bertz CT molecular complexity index is 1120. The van der Waals surface area contributed by atoms with Gasteiger partial charge in [0, 0.05) is 12.1 Å². The van der Waals surface area contributed by atoms with Crippen LogP contribution >= 0.6 is 0 Å². The van der Waals surface area contributed by atoms with E-state index in [1.807, 2.05) is 13.8 Å². The maximum absolute atomic E-state index is 10.5. The van der Waals surface area contributed by atoms with Gasteiger partial charge < -0.3 is 0 Å². The predicted octanol–water partition coefficient (Wildman–Crippen LogP) is 4.08. The van der Waals surface area contributed by atoms with Crippen molar-refractivity contribution in [1.29, 1.82) is 0 Å². The first-order valence-corrected chi connectivity index (χ1v) is 11.5. The molecule has 0 aliphatic carbocycles. The van der Waals surface area contributed by atoms with Crippen LogP contribution in [-0.4, -0.2) is 30.9 Å². The Morgan fingerprint density at radius 2 is 0.968 bits per heavy atom. The second kappa shape index (κ2) is 11.3. The van der Waals surface area contributed by atoms with Gasteiger partial charge in [0.1, 0.15) is 0 Å². The molecule has 9 nitrogen and oxygen atoms in total. The first-order chi connectivity index (χ1) is 14.3. The molecule has 31 heavy (non-hydrogen) atoms. The molecule has 0 saturated heterocycles. The van der Waals surface area contributed by atoms with Gasteiger partial charge in [0.05, 0.1) is 14.7 Å². The maximum atomic E-state index is 10.5. The lowest BCUT2D eigenvalue weighted by Crippen LogP contribution is -1.96. The molecular formula is C20H21NO8S2. The van der Waals surface area contributed by atoms with Crippen LogP contribution in [0.15, 0.2) is 88.7 Å². The van der Waals surface area contributed by atoms with Crippen molar-refractivity contribution in [3.8, 4) is 0 Å². The largest absolute Gasteiger partial charge is 0.294 e. The van der Waals surface area contributed by atoms with Crippen LogP contribution in [0.3, 0.4) is 0 Å². The van der Waals surface area contributed by atoms with Crippen LogP contribution < -0.4 is 0 Å². The highest BCUT2D eigenvalue weighted by molar-refractivity contribution is 7.86. The fraction of sp³-hybridized carbons (Fsp3) is 0.100. The highest BCUT2D eigenvalue weighted by Crippen LogP contribution is 2.09. The summed E-state index contributed by atoms with van der Waals surface area (Å²) in [5.74, 6) is 0. The first kappa shape index (κ1) is 25.9. The van der Waals surface area contributed by atoms with E-state index in [1.165, 1.54) is 36.4 Å². The summed E-state index contributed by atoms with van der Waals surface area (Å²) in [5, 5.41) is 10.0. The van der Waals surface area contributed by atoms with E-state index >= 15 is 0 Å². The number of non-ortho nitro benzene ring substituents is 1. The minimum Gasteiger partial charge on any atom is -0.282 e. The van der Waals surface area contributed by atoms with E-state index in [0.717, 1.165) is 11.1 Å². The SMILES string of the molecule is Cc1ccc(S(=O)(=O)O)cc1.Cc1ccc(S(=O)(=O)O)cc1.O=[N+]([O-])c1ccccc1. The summed E-state index contributed by atoms with van der Waals surface area (Å²) in [7, 11) is -8.04. The molecule has 0 aliphatic heterocycles. The third kappa shape index (κ3) is 9.96. The minimum absolute atomic E-state index is 0.0666. The van der Waals surface area contributed by atoms with Gasteiger partial charge in [-0.15, -0.1) is 0 Å². The van der Waals surface area contributed by atoms with E-state index in [4.69, 9.17) is 9.11 Å². The number of nitro benzene ring substituents is 1. The summed E-state index contributed by atoms with van der Waals surface area (Å²) < 4.78 is 59.1. The van der Waals surface area contributed by atoms with Gasteiger partial charge in [-0.3, -0.25) is 19.2 Å². The van der Waals surface area contributed by atoms with Crippen LogP contribution in [0.4, 0.5) is 5.69 Å². The molecule has 3 rings (SSSR count). The zero-order valence-corrected chi connectivity index (χ0v) is 18.2. The van der Waals surface area contributed by atoms with Crippen molar-refractivity contribution in [3.05, 3.63) is 100 Å². The van der Waals surface area contributed by atoms with Crippen LogP contribution in [0.1, 0.15) is 11.1 Å². The average molecular weight is 468 g/mol. The third-order valence-electron chi connectivity index (χ3n) is 3.60. The van der Waals surface area contributed by atoms with Gasteiger partial charge in [0.25, 0.3) is 25.9 Å². The normalized spacial score (nSPS) is 10.7. The lowest BCUT2D eigenvalue weighted by Gasteiger charge is -1.95. The molecule has 0 aliphatic rings. The Labute approximate surface area is 180 Å². The molecule has 0 atom stereocenters. The Kier molecular flexibility index (Phi) is 9.46. The molecule has 0 bridgehead atoms. The topological polar surface area (TPSA) is 152 Å². The number of hydrogen-bond donors (Lipinski definition) is 2. The summed E-state index contributed by atoms with van der Waals surface area (Å²) in [4.78, 5) is 9.46. The molecule has 0 unspecified atom stereocenters. The van der Waals surface area contributed by atoms with Gasteiger partial charge in [-0.2, -0.15) is 16.8 Å². The summed E-state index contributed by atoms with van der Waals surface area (Å²) in [6, 6.07) is 19.9. The van der Waals surface area contributed by atoms with E-state index in [-0.39, 0.29) is 15.5 Å². The molecule has 0 saturated carbocycles. The van der Waals surface area contributed by atoms with E-state index in [9.17, 15) is 26.9 Å². The summed E-state index contributed by atoms with van der Waals surface area (Å²) >= 11 is 0. The van der Waals surface area contributed by atoms with Crippen LogP contribution in [-0.2, 0) is 20.2 Å². The third-order valence-corrected chi connectivity index (χ3v) is 5.34. The number of hydrogen-bond acceptors (Lipinski definition) is 6. The van der Waals surface area contributed by atoms with Crippen molar-refractivity contribution in [2.75, 3.05) is 0 Å². The molecule has 0 amide bonds. The van der Waals surface area contributed by atoms with E-state index < -0.39 is 25.2 Å². The average Bonchev–Trinajstić information content (AvgIpc) is 2.69. The van der Waals surface area contributed by atoms with Crippen molar-refractivity contribution in [2.24, 2.45) is 0 Å². The molecule has 11 heteroatoms. The molecule has 0 aromatic heterocycles. The second-order valence-electron chi connectivity index (χ2n) is 6.17. The van der Waals surface area contributed by atoms with Gasteiger partial charge in [-0.05, 0) is 38.1 Å². The first-order valence-electron chi connectivity index (χ1n) is 8.58. The Hall–Kier alpha value is -3.12. The molecule has 3 aromatic rings. The van der Waals surface area contributed by atoms with Gasteiger partial charge in [0.15, 0.2) is 0 Å². The summed E-state index contributed by atoms with van der Waals surface area (Å²) in [6.45, 7) is 3.68. The van der Waals surface area contributed by atoms with Crippen molar-refractivity contribution < 1.29 is 30.9 Å². The smallest absolute Gasteiger partial charge is 0.282 e. The lowest BCUT2D eigenvalue weighted by atomic mass is 10.2.